The van der Waals surface area contributed by atoms with Gasteiger partial charge in [-0.25, -0.2) is 27.2 Å². The van der Waals surface area contributed by atoms with Gasteiger partial charge in [-0.1, -0.05) is 18.2 Å². The molecule has 2 atom stereocenters. The van der Waals surface area contributed by atoms with Gasteiger partial charge < -0.3 is 9.80 Å². The number of fused-ring (bicyclic) bond motifs is 1. The molecular weight excluding hydrogens is 560 g/mol. The lowest BCUT2D eigenvalue weighted by Gasteiger charge is -2.43. The second-order valence-electron chi connectivity index (χ2n) is 11.5. The predicted octanol–water partition coefficient (Wildman–Crippen LogP) is 4.14. The normalized spacial score (nSPS) is 19.9. The SMILES string of the molecule is Cc1ncnc(C)c1C(=O)N1CC2=CN(CCC(c3cccc(F)c3)C3CN(S(=O)(=O)c4cccc(F)c4)C3)CC2C1. The van der Waals surface area contributed by atoms with Crippen molar-refractivity contribution in [1.82, 2.24) is 24.1 Å². The molecule has 42 heavy (non-hydrogen) atoms. The van der Waals surface area contributed by atoms with Crippen molar-refractivity contribution in [2.24, 2.45) is 11.8 Å². The van der Waals surface area contributed by atoms with Gasteiger partial charge in [0.05, 0.1) is 21.8 Å². The van der Waals surface area contributed by atoms with E-state index in [1.165, 1.54) is 46.5 Å². The van der Waals surface area contributed by atoms with Crippen LogP contribution in [-0.2, 0) is 10.0 Å². The van der Waals surface area contributed by atoms with Crippen LogP contribution in [0.3, 0.4) is 0 Å². The van der Waals surface area contributed by atoms with Gasteiger partial charge in [-0.05, 0) is 73.6 Å². The highest BCUT2D eigenvalue weighted by atomic mass is 32.2. The van der Waals surface area contributed by atoms with Crippen molar-refractivity contribution in [3.05, 3.63) is 101 Å². The summed E-state index contributed by atoms with van der Waals surface area (Å²) in [4.78, 5) is 25.7. The zero-order valence-corrected chi connectivity index (χ0v) is 24.4. The maximum atomic E-state index is 14.2. The van der Waals surface area contributed by atoms with Gasteiger partial charge in [0.25, 0.3) is 5.91 Å². The largest absolute Gasteiger partial charge is 0.377 e. The Hall–Kier alpha value is -3.70. The van der Waals surface area contributed by atoms with Gasteiger partial charge in [0.15, 0.2) is 0 Å². The first-order valence-electron chi connectivity index (χ1n) is 14.1. The molecule has 0 spiro atoms. The fraction of sp³-hybridized carbons (Fsp3) is 0.387. The highest BCUT2D eigenvalue weighted by Gasteiger charge is 2.42. The average molecular weight is 594 g/mol. The number of carbonyl (C=O) groups is 1. The van der Waals surface area contributed by atoms with Crippen molar-refractivity contribution in [1.29, 1.82) is 0 Å². The van der Waals surface area contributed by atoms with E-state index in [0.29, 0.717) is 43.1 Å². The summed E-state index contributed by atoms with van der Waals surface area (Å²) in [6.45, 7) is 6.97. The Morgan fingerprint density at radius 3 is 2.33 bits per heavy atom. The maximum absolute atomic E-state index is 14.2. The molecule has 220 valence electrons. The van der Waals surface area contributed by atoms with Crippen molar-refractivity contribution in [3.8, 4) is 0 Å². The van der Waals surface area contributed by atoms with Gasteiger partial charge in [0, 0.05) is 51.4 Å². The number of aryl methyl sites for hydroxylation is 2. The van der Waals surface area contributed by atoms with Crippen LogP contribution in [0.4, 0.5) is 8.78 Å². The van der Waals surface area contributed by atoms with Crippen LogP contribution in [-0.4, -0.2) is 77.7 Å². The van der Waals surface area contributed by atoms with E-state index in [1.54, 1.807) is 6.07 Å². The average Bonchev–Trinajstić information content (AvgIpc) is 3.49. The fourth-order valence-corrected chi connectivity index (χ4v) is 8.06. The van der Waals surface area contributed by atoms with Gasteiger partial charge in [0.2, 0.25) is 10.0 Å². The standard InChI is InChI=1S/C31H33F2N5O3S/c1-20-30(21(2)35-19-34-20)31(39)37-15-23-13-36(14-24(23)16-37)10-9-29(22-5-3-6-26(32)11-22)25-17-38(18-25)42(40,41)28-8-4-7-27(33)12-28/h3-8,11-13,19,24-25,29H,9-10,14-18H2,1-2H3. The zero-order valence-electron chi connectivity index (χ0n) is 23.6. The summed E-state index contributed by atoms with van der Waals surface area (Å²) in [5, 5.41) is 0. The highest BCUT2D eigenvalue weighted by Crippen LogP contribution is 2.39. The van der Waals surface area contributed by atoms with Gasteiger partial charge >= 0.3 is 0 Å². The number of likely N-dealkylation sites (tertiary alicyclic amines) is 1. The number of benzene rings is 2. The molecule has 2 aromatic carbocycles. The van der Waals surface area contributed by atoms with E-state index in [2.05, 4.69) is 21.1 Å². The van der Waals surface area contributed by atoms with Gasteiger partial charge in [-0.15, -0.1) is 0 Å². The molecule has 11 heteroatoms. The molecule has 0 saturated carbocycles. The first kappa shape index (κ1) is 28.4. The van der Waals surface area contributed by atoms with E-state index >= 15 is 0 Å². The minimum Gasteiger partial charge on any atom is -0.377 e. The Labute approximate surface area is 244 Å². The summed E-state index contributed by atoms with van der Waals surface area (Å²) < 4.78 is 55.4. The van der Waals surface area contributed by atoms with Crippen LogP contribution in [0.25, 0.3) is 0 Å². The van der Waals surface area contributed by atoms with Crippen molar-refractivity contribution < 1.29 is 22.0 Å². The van der Waals surface area contributed by atoms with Gasteiger partial charge in [0.1, 0.15) is 18.0 Å². The van der Waals surface area contributed by atoms with Crippen LogP contribution < -0.4 is 0 Å². The third kappa shape index (κ3) is 5.43. The zero-order chi connectivity index (χ0) is 29.6. The molecule has 0 bridgehead atoms. The van der Waals surface area contributed by atoms with E-state index in [4.69, 9.17) is 0 Å². The number of nitrogens with zero attached hydrogens (tertiary/aromatic N) is 5. The minimum atomic E-state index is -3.80. The van der Waals surface area contributed by atoms with E-state index < -0.39 is 15.8 Å². The highest BCUT2D eigenvalue weighted by molar-refractivity contribution is 7.89. The first-order chi connectivity index (χ1) is 20.1. The smallest absolute Gasteiger partial charge is 0.257 e. The van der Waals surface area contributed by atoms with Gasteiger partial charge in [-0.3, -0.25) is 4.79 Å². The fourth-order valence-electron chi connectivity index (χ4n) is 6.47. The molecular formula is C31H33F2N5O3S. The van der Waals surface area contributed by atoms with Crippen LogP contribution in [0.2, 0.25) is 0 Å². The minimum absolute atomic E-state index is 0.0116. The van der Waals surface area contributed by atoms with Crippen molar-refractivity contribution in [2.75, 3.05) is 39.3 Å². The molecule has 2 saturated heterocycles. The molecule has 3 aliphatic rings. The Bertz CT molecular complexity index is 1640. The molecule has 1 amide bonds. The lowest BCUT2D eigenvalue weighted by atomic mass is 9.80. The summed E-state index contributed by atoms with van der Waals surface area (Å²) in [5.41, 5.74) is 4.00. The number of rotatable bonds is 8. The van der Waals surface area contributed by atoms with Crippen LogP contribution in [0.5, 0.6) is 0 Å². The van der Waals surface area contributed by atoms with Crippen LogP contribution in [0.1, 0.15) is 39.6 Å². The number of hydrogen-bond acceptors (Lipinski definition) is 6. The summed E-state index contributed by atoms with van der Waals surface area (Å²) in [5.74, 6) is -0.734. The molecule has 1 aromatic heterocycles. The van der Waals surface area contributed by atoms with E-state index in [-0.39, 0.29) is 34.4 Å². The number of carbonyl (C=O) groups excluding carboxylic acids is 1. The molecule has 8 nitrogen and oxygen atoms in total. The molecule has 3 aliphatic heterocycles. The summed E-state index contributed by atoms with van der Waals surface area (Å²) >= 11 is 0. The number of aromatic nitrogens is 2. The van der Waals surface area contributed by atoms with Crippen molar-refractivity contribution in [2.45, 2.75) is 31.1 Å². The second-order valence-corrected chi connectivity index (χ2v) is 13.4. The Morgan fingerprint density at radius 2 is 1.67 bits per heavy atom. The molecule has 0 radical (unpaired) electrons. The first-order valence-corrected chi connectivity index (χ1v) is 15.6. The van der Waals surface area contributed by atoms with Crippen molar-refractivity contribution >= 4 is 15.9 Å². The number of hydrogen-bond donors (Lipinski definition) is 0. The monoisotopic (exact) mass is 593 g/mol. The van der Waals surface area contributed by atoms with Crippen molar-refractivity contribution in [3.63, 3.8) is 0 Å². The predicted molar refractivity (Wildman–Crippen MR) is 153 cm³/mol. The lowest BCUT2D eigenvalue weighted by molar-refractivity contribution is 0.0782. The maximum Gasteiger partial charge on any atom is 0.257 e. The molecule has 3 aromatic rings. The number of amides is 1. The summed E-state index contributed by atoms with van der Waals surface area (Å²) in [7, 11) is -3.80. The third-order valence-corrected chi connectivity index (χ3v) is 10.6. The summed E-state index contributed by atoms with van der Waals surface area (Å²) in [6, 6.07) is 11.6. The Balaban J connectivity index is 1.11. The quantitative estimate of drug-likeness (QED) is 0.391. The Morgan fingerprint density at radius 1 is 0.976 bits per heavy atom. The van der Waals surface area contributed by atoms with Crippen LogP contribution >= 0.6 is 0 Å². The molecule has 4 heterocycles. The number of halogens is 2. The van der Waals surface area contributed by atoms with E-state index in [9.17, 15) is 22.0 Å². The molecule has 6 rings (SSSR count). The van der Waals surface area contributed by atoms with Gasteiger partial charge in [-0.2, -0.15) is 4.31 Å². The van der Waals surface area contributed by atoms with Crippen LogP contribution in [0, 0.1) is 37.3 Å². The lowest BCUT2D eigenvalue weighted by Crippen LogP contribution is -2.52. The van der Waals surface area contributed by atoms with Crippen LogP contribution in [0.15, 0.2) is 71.5 Å². The van der Waals surface area contributed by atoms with E-state index in [1.807, 2.05) is 24.8 Å². The number of sulfonamides is 1. The molecule has 0 N–H and O–H groups in total. The second kappa shape index (κ2) is 11.2. The molecule has 2 unspecified atom stereocenters. The molecule has 2 fully saturated rings. The van der Waals surface area contributed by atoms with E-state index in [0.717, 1.165) is 31.1 Å². The third-order valence-electron chi connectivity index (χ3n) is 8.75. The topological polar surface area (TPSA) is 86.7 Å². The summed E-state index contributed by atoms with van der Waals surface area (Å²) in [6.07, 6.45) is 4.34. The Kier molecular flexibility index (Phi) is 7.57. The molecule has 0 aliphatic carbocycles.